The molecule has 0 radical (unpaired) electrons. The molecule has 8 nitrogen and oxygen atoms in total. The summed E-state index contributed by atoms with van der Waals surface area (Å²) in [5.41, 5.74) is 1.41. The minimum atomic E-state index is -0.456. The Labute approximate surface area is 181 Å². The molecule has 2 aromatic carbocycles. The number of rotatable bonds is 10. The summed E-state index contributed by atoms with van der Waals surface area (Å²) in [6.45, 7) is 6.26. The van der Waals surface area contributed by atoms with E-state index in [0.29, 0.717) is 23.7 Å². The lowest BCUT2D eigenvalue weighted by Gasteiger charge is -2.13. The topological polar surface area (TPSA) is 114 Å². The number of nitrogens with zero attached hydrogens (tertiary/aromatic N) is 2. The van der Waals surface area contributed by atoms with Gasteiger partial charge in [-0.05, 0) is 61.7 Å². The summed E-state index contributed by atoms with van der Waals surface area (Å²) in [6, 6.07) is 13.1. The molecule has 0 unspecified atom stereocenters. The number of nitro groups is 1. The zero-order valence-corrected chi connectivity index (χ0v) is 17.8. The van der Waals surface area contributed by atoms with Crippen molar-refractivity contribution < 1.29 is 19.2 Å². The Kier molecular flexibility index (Phi) is 8.58. The van der Waals surface area contributed by atoms with Crippen LogP contribution in [0.15, 0.2) is 48.0 Å². The fourth-order valence-electron chi connectivity index (χ4n) is 2.60. The first-order chi connectivity index (χ1) is 14.9. The molecule has 0 fully saturated rings. The van der Waals surface area contributed by atoms with Crippen LogP contribution in [0.2, 0.25) is 0 Å². The Hall–Kier alpha value is -3.86. The molecule has 1 atom stereocenters. The van der Waals surface area contributed by atoms with Crippen molar-refractivity contribution in [3.63, 3.8) is 0 Å². The maximum atomic E-state index is 12.3. The average molecular weight is 423 g/mol. The van der Waals surface area contributed by atoms with Gasteiger partial charge in [-0.25, -0.2) is 0 Å². The molecule has 31 heavy (non-hydrogen) atoms. The number of nitriles is 1. The zero-order valence-electron chi connectivity index (χ0n) is 17.8. The number of hydrogen-bond donors (Lipinski definition) is 1. The molecule has 162 valence electrons. The highest BCUT2D eigenvalue weighted by molar-refractivity contribution is 6.01. The van der Waals surface area contributed by atoms with E-state index >= 15 is 0 Å². The average Bonchev–Trinajstić information content (AvgIpc) is 2.77. The van der Waals surface area contributed by atoms with Crippen LogP contribution in [-0.4, -0.2) is 23.5 Å². The van der Waals surface area contributed by atoms with Gasteiger partial charge in [0.2, 0.25) is 0 Å². The molecule has 0 saturated carbocycles. The molecule has 2 rings (SSSR count). The van der Waals surface area contributed by atoms with E-state index in [1.54, 1.807) is 30.3 Å². The maximum absolute atomic E-state index is 12.3. The molecule has 0 aliphatic rings. The molecule has 0 aliphatic carbocycles. The second-order valence-electron chi connectivity index (χ2n) is 6.80. The summed E-state index contributed by atoms with van der Waals surface area (Å²) in [4.78, 5) is 22.6. The third-order valence-electron chi connectivity index (χ3n) is 4.48. The lowest BCUT2D eigenvalue weighted by atomic mass is 10.1. The molecule has 2 aromatic rings. The van der Waals surface area contributed by atoms with Crippen LogP contribution in [-0.2, 0) is 11.4 Å². The van der Waals surface area contributed by atoms with E-state index in [1.165, 1.54) is 18.2 Å². The number of benzene rings is 2. The van der Waals surface area contributed by atoms with Crippen LogP contribution >= 0.6 is 0 Å². The van der Waals surface area contributed by atoms with E-state index in [9.17, 15) is 20.2 Å². The van der Waals surface area contributed by atoms with E-state index in [1.807, 2.05) is 26.8 Å². The summed E-state index contributed by atoms with van der Waals surface area (Å²) in [7, 11) is 0. The molecule has 0 aromatic heterocycles. The molecule has 0 heterocycles. The molecule has 0 aliphatic heterocycles. The van der Waals surface area contributed by atoms with Crippen molar-refractivity contribution in [3.8, 4) is 17.6 Å². The Morgan fingerprint density at radius 2 is 1.90 bits per heavy atom. The van der Waals surface area contributed by atoms with Crippen LogP contribution in [0.4, 0.5) is 5.69 Å². The number of ether oxygens (including phenoxy) is 2. The Morgan fingerprint density at radius 3 is 2.48 bits per heavy atom. The molecular formula is C23H25N3O5. The number of hydrogen-bond acceptors (Lipinski definition) is 6. The van der Waals surface area contributed by atoms with Crippen molar-refractivity contribution in [1.29, 1.82) is 5.26 Å². The quantitative estimate of drug-likeness (QED) is 0.262. The normalized spacial score (nSPS) is 11.9. The smallest absolute Gasteiger partial charge is 0.269 e. The minimum Gasteiger partial charge on any atom is -0.490 e. The Balaban J connectivity index is 2.18. The van der Waals surface area contributed by atoms with E-state index in [2.05, 4.69) is 5.32 Å². The predicted molar refractivity (Wildman–Crippen MR) is 117 cm³/mol. The van der Waals surface area contributed by atoms with Crippen LogP contribution in [0.1, 0.15) is 38.3 Å². The standard InChI is InChI=1S/C23H25N3O5/c1-4-16(3)25-23(27)19(14-24)12-18-8-11-21(22(13-18)30-5-2)31-15-17-6-9-20(10-7-17)26(28)29/h6-13,16H,4-5,15H2,1-3H3,(H,25,27)/b19-12+/t16-/m0/s1. The van der Waals surface area contributed by atoms with Crippen molar-refractivity contribution in [2.24, 2.45) is 0 Å². The number of nitrogens with one attached hydrogen (secondary N) is 1. The monoisotopic (exact) mass is 423 g/mol. The summed E-state index contributed by atoms with van der Waals surface area (Å²) in [5.74, 6) is 0.533. The van der Waals surface area contributed by atoms with Crippen LogP contribution in [0, 0.1) is 21.4 Å². The van der Waals surface area contributed by atoms with Gasteiger partial charge in [0.05, 0.1) is 11.5 Å². The van der Waals surface area contributed by atoms with Gasteiger partial charge in [-0.15, -0.1) is 0 Å². The van der Waals surface area contributed by atoms with Gasteiger partial charge in [-0.2, -0.15) is 5.26 Å². The highest BCUT2D eigenvalue weighted by Gasteiger charge is 2.13. The van der Waals surface area contributed by atoms with Crippen LogP contribution < -0.4 is 14.8 Å². The molecule has 1 amide bonds. The van der Waals surface area contributed by atoms with Gasteiger partial charge in [-0.1, -0.05) is 13.0 Å². The number of non-ortho nitro benzene ring substituents is 1. The van der Waals surface area contributed by atoms with Crippen molar-refractivity contribution >= 4 is 17.7 Å². The van der Waals surface area contributed by atoms with Gasteiger partial charge in [0.15, 0.2) is 11.5 Å². The van der Waals surface area contributed by atoms with Crippen molar-refractivity contribution in [2.45, 2.75) is 39.8 Å². The fraction of sp³-hybridized carbons (Fsp3) is 0.304. The highest BCUT2D eigenvalue weighted by Crippen LogP contribution is 2.30. The number of carbonyl (C=O) groups is 1. The van der Waals surface area contributed by atoms with Crippen LogP contribution in [0.25, 0.3) is 6.08 Å². The van der Waals surface area contributed by atoms with Crippen LogP contribution in [0.3, 0.4) is 0 Å². The summed E-state index contributed by atoms with van der Waals surface area (Å²) >= 11 is 0. The zero-order chi connectivity index (χ0) is 22.8. The summed E-state index contributed by atoms with van der Waals surface area (Å²) in [5, 5.41) is 22.9. The molecule has 1 N–H and O–H groups in total. The lowest BCUT2D eigenvalue weighted by molar-refractivity contribution is -0.384. The van der Waals surface area contributed by atoms with Crippen molar-refractivity contribution in [2.75, 3.05) is 6.61 Å². The Morgan fingerprint density at radius 1 is 1.19 bits per heavy atom. The highest BCUT2D eigenvalue weighted by atomic mass is 16.6. The summed E-state index contributed by atoms with van der Waals surface area (Å²) < 4.78 is 11.5. The molecule has 0 saturated heterocycles. The first kappa shape index (κ1) is 23.4. The molecule has 8 heteroatoms. The minimum absolute atomic E-state index is 0.00213. The maximum Gasteiger partial charge on any atom is 0.269 e. The van der Waals surface area contributed by atoms with Gasteiger partial charge >= 0.3 is 0 Å². The van der Waals surface area contributed by atoms with E-state index in [4.69, 9.17) is 9.47 Å². The number of amides is 1. The van der Waals surface area contributed by atoms with E-state index in [-0.39, 0.29) is 23.9 Å². The molecular weight excluding hydrogens is 398 g/mol. The predicted octanol–water partition coefficient (Wildman–Crippen LogP) is 4.39. The molecule has 0 bridgehead atoms. The van der Waals surface area contributed by atoms with Gasteiger partial charge in [0.1, 0.15) is 18.2 Å². The Bertz CT molecular complexity index is 993. The van der Waals surface area contributed by atoms with Gasteiger partial charge < -0.3 is 14.8 Å². The van der Waals surface area contributed by atoms with Gasteiger partial charge in [-0.3, -0.25) is 14.9 Å². The first-order valence-corrected chi connectivity index (χ1v) is 9.93. The van der Waals surface area contributed by atoms with E-state index < -0.39 is 10.8 Å². The first-order valence-electron chi connectivity index (χ1n) is 9.93. The SMILES string of the molecule is CCOc1cc(/C=C(\C#N)C(=O)N[C@@H](C)CC)ccc1OCc1ccc([N+](=O)[O-])cc1. The number of nitro benzene ring substituents is 1. The van der Waals surface area contributed by atoms with Gasteiger partial charge in [0.25, 0.3) is 11.6 Å². The third kappa shape index (κ3) is 6.85. The fourth-order valence-corrected chi connectivity index (χ4v) is 2.60. The second-order valence-corrected chi connectivity index (χ2v) is 6.80. The van der Waals surface area contributed by atoms with Crippen molar-refractivity contribution in [1.82, 2.24) is 5.32 Å². The number of carbonyl (C=O) groups excluding carboxylic acids is 1. The largest absolute Gasteiger partial charge is 0.490 e. The molecule has 0 spiro atoms. The van der Waals surface area contributed by atoms with E-state index in [0.717, 1.165) is 12.0 Å². The van der Waals surface area contributed by atoms with Gasteiger partial charge in [0, 0.05) is 18.2 Å². The second kappa shape index (κ2) is 11.4. The van der Waals surface area contributed by atoms with Crippen LogP contribution in [0.5, 0.6) is 11.5 Å². The lowest BCUT2D eigenvalue weighted by Crippen LogP contribution is -2.32. The van der Waals surface area contributed by atoms with Crippen molar-refractivity contribution in [3.05, 3.63) is 69.3 Å². The third-order valence-corrected chi connectivity index (χ3v) is 4.48. The summed E-state index contributed by atoms with van der Waals surface area (Å²) in [6.07, 6.45) is 2.26.